The summed E-state index contributed by atoms with van der Waals surface area (Å²) in [4.78, 5) is 11.6. The quantitative estimate of drug-likeness (QED) is 0.610. The van der Waals surface area contributed by atoms with Crippen molar-refractivity contribution in [2.45, 2.75) is 19.8 Å². The van der Waals surface area contributed by atoms with Crippen molar-refractivity contribution < 1.29 is 9.90 Å². The van der Waals surface area contributed by atoms with Gasteiger partial charge in [0.05, 0.1) is 6.26 Å². The smallest absolute Gasteiger partial charge is 0.183 e. The molecule has 3 aliphatic carbocycles. The van der Waals surface area contributed by atoms with Gasteiger partial charge in [0.15, 0.2) is 5.78 Å². The highest BCUT2D eigenvalue weighted by molar-refractivity contribution is 6.13. The highest BCUT2D eigenvalue weighted by Gasteiger charge is 2.50. The summed E-state index contributed by atoms with van der Waals surface area (Å²) in [6.45, 7) is 2.10. The van der Waals surface area contributed by atoms with Crippen molar-refractivity contribution in [1.82, 2.24) is 0 Å². The predicted octanol–water partition coefficient (Wildman–Crippen LogP) is 2.60. The number of allylic oxidation sites excluding steroid dienone is 7. The van der Waals surface area contributed by atoms with E-state index >= 15 is 0 Å². The van der Waals surface area contributed by atoms with Crippen LogP contribution in [0.15, 0.2) is 46.8 Å². The summed E-state index contributed by atoms with van der Waals surface area (Å²) in [5.74, 6) is 0.168. The molecule has 0 spiro atoms. The van der Waals surface area contributed by atoms with Crippen molar-refractivity contribution in [1.29, 1.82) is 0 Å². The predicted molar refractivity (Wildman–Crippen MR) is 57.3 cm³/mol. The minimum absolute atomic E-state index is 0.137. The van der Waals surface area contributed by atoms with E-state index in [1.165, 1.54) is 11.8 Å². The highest BCUT2D eigenvalue weighted by Crippen LogP contribution is 2.58. The van der Waals surface area contributed by atoms with Gasteiger partial charge in [0, 0.05) is 11.0 Å². The first-order valence-corrected chi connectivity index (χ1v) is 5.19. The van der Waals surface area contributed by atoms with Crippen LogP contribution >= 0.6 is 0 Å². The normalized spacial score (nSPS) is 35.1. The first kappa shape index (κ1) is 8.72. The van der Waals surface area contributed by atoms with Gasteiger partial charge in [0.2, 0.25) is 0 Å². The molecule has 0 fully saturated rings. The Labute approximate surface area is 88.3 Å². The zero-order valence-electron chi connectivity index (χ0n) is 8.58. The van der Waals surface area contributed by atoms with Crippen LogP contribution in [0.2, 0.25) is 0 Å². The van der Waals surface area contributed by atoms with Gasteiger partial charge in [-0.1, -0.05) is 11.6 Å². The summed E-state index contributed by atoms with van der Waals surface area (Å²) in [5.41, 5.74) is 4.09. The number of carbonyl (C=O) groups is 1. The first-order chi connectivity index (χ1) is 7.16. The van der Waals surface area contributed by atoms with Gasteiger partial charge < -0.3 is 5.11 Å². The average molecular weight is 200 g/mol. The number of hydrogen-bond donors (Lipinski definition) is 1. The van der Waals surface area contributed by atoms with Gasteiger partial charge in [0.1, 0.15) is 0 Å². The van der Waals surface area contributed by atoms with Crippen LogP contribution < -0.4 is 0 Å². The zero-order chi connectivity index (χ0) is 10.6. The molecule has 1 N–H and O–H groups in total. The lowest BCUT2D eigenvalue weighted by atomic mass is 9.64. The van der Waals surface area contributed by atoms with E-state index < -0.39 is 0 Å². The number of aliphatic hydroxyl groups is 1. The van der Waals surface area contributed by atoms with Crippen LogP contribution in [0.5, 0.6) is 0 Å². The Bertz CT molecular complexity index is 489. The standard InChI is InChI=1S/C13H12O2/c1-13-9-3-2-8(7-14)4-10(13)5-11(13)12(15)6-9/h4-7,14H,2-3H2,1H3. The molecule has 0 aliphatic heterocycles. The Morgan fingerprint density at radius 1 is 1.33 bits per heavy atom. The van der Waals surface area contributed by atoms with Crippen molar-refractivity contribution in [2.75, 3.05) is 0 Å². The molecular formula is C13H12O2. The molecule has 0 saturated carbocycles. The van der Waals surface area contributed by atoms with Gasteiger partial charge >= 0.3 is 0 Å². The molecule has 0 saturated heterocycles. The molecule has 0 radical (unpaired) electrons. The minimum atomic E-state index is -0.137. The van der Waals surface area contributed by atoms with E-state index in [1.807, 2.05) is 12.2 Å². The van der Waals surface area contributed by atoms with E-state index in [0.29, 0.717) is 0 Å². The lowest BCUT2D eigenvalue weighted by Crippen LogP contribution is -2.29. The lowest BCUT2D eigenvalue weighted by Gasteiger charge is -2.37. The minimum Gasteiger partial charge on any atom is -0.515 e. The van der Waals surface area contributed by atoms with Crippen molar-refractivity contribution in [2.24, 2.45) is 5.41 Å². The molecule has 3 aliphatic rings. The summed E-state index contributed by atoms with van der Waals surface area (Å²) in [6.07, 6.45) is 8.57. The molecule has 76 valence electrons. The third kappa shape index (κ3) is 0.870. The second-order valence-corrected chi connectivity index (χ2v) is 4.52. The van der Waals surface area contributed by atoms with E-state index in [1.54, 1.807) is 6.08 Å². The number of aliphatic hydroxyl groups excluding tert-OH is 1. The van der Waals surface area contributed by atoms with Gasteiger partial charge in [0.25, 0.3) is 0 Å². The summed E-state index contributed by atoms with van der Waals surface area (Å²) >= 11 is 0. The number of hydrogen-bond acceptors (Lipinski definition) is 2. The van der Waals surface area contributed by atoms with Crippen LogP contribution in [0.25, 0.3) is 0 Å². The first-order valence-electron chi connectivity index (χ1n) is 5.19. The zero-order valence-corrected chi connectivity index (χ0v) is 8.58. The van der Waals surface area contributed by atoms with E-state index in [-0.39, 0.29) is 11.2 Å². The maximum absolute atomic E-state index is 11.6. The van der Waals surface area contributed by atoms with Crippen molar-refractivity contribution in [3.8, 4) is 0 Å². The van der Waals surface area contributed by atoms with Crippen molar-refractivity contribution in [3.05, 3.63) is 46.8 Å². The van der Waals surface area contributed by atoms with Crippen molar-refractivity contribution >= 4 is 5.78 Å². The molecule has 0 heterocycles. The van der Waals surface area contributed by atoms with Gasteiger partial charge in [-0.25, -0.2) is 0 Å². The Morgan fingerprint density at radius 3 is 2.87 bits per heavy atom. The summed E-state index contributed by atoms with van der Waals surface area (Å²) in [6, 6.07) is 0. The fourth-order valence-corrected chi connectivity index (χ4v) is 2.74. The summed E-state index contributed by atoms with van der Waals surface area (Å²) in [7, 11) is 0. The molecule has 0 amide bonds. The van der Waals surface area contributed by atoms with Gasteiger partial charge in [-0.15, -0.1) is 0 Å². The van der Waals surface area contributed by atoms with E-state index in [2.05, 4.69) is 6.92 Å². The molecular weight excluding hydrogens is 188 g/mol. The van der Waals surface area contributed by atoms with E-state index in [4.69, 9.17) is 5.11 Å². The second-order valence-electron chi connectivity index (χ2n) is 4.52. The highest BCUT2D eigenvalue weighted by atomic mass is 16.2. The van der Waals surface area contributed by atoms with E-state index in [9.17, 15) is 4.79 Å². The maximum Gasteiger partial charge on any atom is 0.183 e. The topological polar surface area (TPSA) is 37.3 Å². The molecule has 2 heteroatoms. The third-order valence-electron chi connectivity index (χ3n) is 3.82. The fraction of sp³-hybridized carbons (Fsp3) is 0.308. The molecule has 0 aromatic rings. The summed E-state index contributed by atoms with van der Waals surface area (Å²) < 4.78 is 0. The van der Waals surface area contributed by atoms with Crippen LogP contribution in [0, 0.1) is 5.41 Å². The Hall–Kier alpha value is -1.57. The van der Waals surface area contributed by atoms with Crippen LogP contribution in [0.3, 0.4) is 0 Å². The fourth-order valence-electron chi connectivity index (χ4n) is 2.74. The molecule has 1 atom stereocenters. The van der Waals surface area contributed by atoms with Gasteiger partial charge in [-0.3, -0.25) is 4.79 Å². The number of rotatable bonds is 0. The third-order valence-corrected chi connectivity index (χ3v) is 3.82. The molecule has 0 aromatic carbocycles. The molecule has 2 nitrogen and oxygen atoms in total. The molecule has 1 unspecified atom stereocenters. The Kier molecular flexibility index (Phi) is 1.46. The molecule has 0 bridgehead atoms. The van der Waals surface area contributed by atoms with Crippen LogP contribution in [0.4, 0.5) is 0 Å². The van der Waals surface area contributed by atoms with Crippen molar-refractivity contribution in [3.63, 3.8) is 0 Å². The molecule has 15 heavy (non-hydrogen) atoms. The van der Waals surface area contributed by atoms with Crippen LogP contribution in [-0.4, -0.2) is 10.9 Å². The Morgan fingerprint density at radius 2 is 2.13 bits per heavy atom. The lowest BCUT2D eigenvalue weighted by molar-refractivity contribution is -0.111. The summed E-state index contributed by atoms with van der Waals surface area (Å²) in [5, 5.41) is 9.04. The molecule has 0 aromatic heterocycles. The van der Waals surface area contributed by atoms with Gasteiger partial charge in [-0.2, -0.15) is 0 Å². The van der Waals surface area contributed by atoms with E-state index in [0.717, 1.165) is 29.6 Å². The van der Waals surface area contributed by atoms with Crippen LogP contribution in [-0.2, 0) is 4.79 Å². The maximum atomic E-state index is 11.6. The SMILES string of the molecule is CC12C3=CC(=CO)CCC1=CC(=O)C2=C3. The average Bonchev–Trinajstić information content (AvgIpc) is 2.35. The van der Waals surface area contributed by atoms with Gasteiger partial charge in [-0.05, 0) is 43.1 Å². The number of carbonyl (C=O) groups excluding carboxylic acids is 1. The van der Waals surface area contributed by atoms with Crippen LogP contribution in [0.1, 0.15) is 19.8 Å². The molecule has 3 rings (SSSR count). The monoisotopic (exact) mass is 200 g/mol. The largest absolute Gasteiger partial charge is 0.515 e. The number of ketones is 1. The Balaban J connectivity index is 2.20. The second kappa shape index (κ2) is 2.51.